The van der Waals surface area contributed by atoms with E-state index in [1.54, 1.807) is 13.0 Å². The van der Waals surface area contributed by atoms with Crippen LogP contribution in [0.2, 0.25) is 0 Å². The van der Waals surface area contributed by atoms with Gasteiger partial charge in [-0.15, -0.1) is 0 Å². The quantitative estimate of drug-likeness (QED) is 0.848. The minimum atomic E-state index is -3.91. The second kappa shape index (κ2) is 5.16. The average molecular weight is 299 g/mol. The lowest BCUT2D eigenvalue weighted by Crippen LogP contribution is -2.40. The number of β-amino-alcohol motifs (C(OH)–C–C–N with tert-alkyl or cyclic N) is 1. The van der Waals surface area contributed by atoms with E-state index in [1.165, 1.54) is 12.1 Å². The number of aliphatic carboxylic acids is 1. The van der Waals surface area contributed by atoms with Gasteiger partial charge in [0.1, 0.15) is 6.04 Å². The Bertz CT molecular complexity index is 640. The number of sulfonamides is 1. The molecule has 0 saturated carbocycles. The van der Waals surface area contributed by atoms with E-state index in [0.717, 1.165) is 15.4 Å². The number of carboxylic acid groups (broad SMARTS) is 1. The maximum atomic E-state index is 12.5. The minimum Gasteiger partial charge on any atom is -0.480 e. The molecule has 1 fully saturated rings. The number of carbonyl (C=O) groups is 1. The molecule has 0 aliphatic carbocycles. The number of nitrogens with zero attached hydrogens (tertiary/aromatic N) is 1. The molecule has 20 heavy (non-hydrogen) atoms. The van der Waals surface area contributed by atoms with Crippen molar-refractivity contribution in [3.63, 3.8) is 0 Å². The zero-order valence-electron chi connectivity index (χ0n) is 11.3. The molecule has 1 saturated heterocycles. The summed E-state index contributed by atoms with van der Waals surface area (Å²) < 4.78 is 25.9. The van der Waals surface area contributed by atoms with E-state index in [0.29, 0.717) is 0 Å². The van der Waals surface area contributed by atoms with Crippen LogP contribution in [0.5, 0.6) is 0 Å². The zero-order valence-corrected chi connectivity index (χ0v) is 12.1. The lowest BCUT2D eigenvalue weighted by Gasteiger charge is -2.21. The van der Waals surface area contributed by atoms with Crippen LogP contribution in [-0.2, 0) is 14.8 Å². The molecule has 2 atom stereocenters. The maximum Gasteiger partial charge on any atom is 0.322 e. The van der Waals surface area contributed by atoms with Gasteiger partial charge in [0.25, 0.3) is 0 Å². The lowest BCUT2D eigenvalue weighted by molar-refractivity contribution is -0.140. The lowest BCUT2D eigenvalue weighted by atomic mass is 10.1. The molecule has 0 bridgehead atoms. The summed E-state index contributed by atoms with van der Waals surface area (Å²) in [5, 5.41) is 18.7. The topological polar surface area (TPSA) is 94.9 Å². The Labute approximate surface area is 117 Å². The molecule has 2 rings (SSSR count). The number of hydrogen-bond donors (Lipinski definition) is 2. The van der Waals surface area contributed by atoms with Crippen LogP contribution in [0.15, 0.2) is 23.1 Å². The molecule has 1 aliphatic heterocycles. The van der Waals surface area contributed by atoms with Crippen molar-refractivity contribution < 1.29 is 23.4 Å². The van der Waals surface area contributed by atoms with E-state index < -0.39 is 28.1 Å². The molecule has 1 heterocycles. The number of carboxylic acids is 1. The molecule has 2 unspecified atom stereocenters. The van der Waals surface area contributed by atoms with E-state index >= 15 is 0 Å². The third-order valence-electron chi connectivity index (χ3n) is 3.60. The van der Waals surface area contributed by atoms with Crippen molar-refractivity contribution in [3.05, 3.63) is 29.3 Å². The molecular weight excluding hydrogens is 282 g/mol. The summed E-state index contributed by atoms with van der Waals surface area (Å²) in [6, 6.07) is 3.46. The van der Waals surface area contributed by atoms with Crippen molar-refractivity contribution in [3.8, 4) is 0 Å². The van der Waals surface area contributed by atoms with Crippen molar-refractivity contribution in [2.24, 2.45) is 0 Å². The van der Waals surface area contributed by atoms with Gasteiger partial charge < -0.3 is 10.2 Å². The van der Waals surface area contributed by atoms with Gasteiger partial charge in [0, 0.05) is 13.0 Å². The summed E-state index contributed by atoms with van der Waals surface area (Å²) in [5.74, 6) is -1.24. The first-order valence-electron chi connectivity index (χ1n) is 6.23. The van der Waals surface area contributed by atoms with Crippen molar-refractivity contribution in [2.75, 3.05) is 6.54 Å². The summed E-state index contributed by atoms with van der Waals surface area (Å²) in [6.45, 7) is 3.47. The number of aliphatic hydroxyl groups is 1. The molecule has 0 spiro atoms. The monoisotopic (exact) mass is 299 g/mol. The highest BCUT2D eigenvalue weighted by Gasteiger charge is 2.43. The highest BCUT2D eigenvalue weighted by molar-refractivity contribution is 7.89. The Morgan fingerprint density at radius 2 is 1.95 bits per heavy atom. The second-order valence-electron chi connectivity index (χ2n) is 5.06. The van der Waals surface area contributed by atoms with Crippen LogP contribution in [0, 0.1) is 13.8 Å². The first-order valence-corrected chi connectivity index (χ1v) is 7.67. The van der Waals surface area contributed by atoms with Gasteiger partial charge in [-0.25, -0.2) is 8.42 Å². The fourth-order valence-electron chi connectivity index (χ4n) is 2.28. The molecule has 1 aliphatic rings. The molecule has 0 amide bonds. The van der Waals surface area contributed by atoms with Gasteiger partial charge in [0.2, 0.25) is 10.0 Å². The van der Waals surface area contributed by atoms with E-state index in [1.807, 2.05) is 6.92 Å². The molecule has 0 aromatic heterocycles. The number of aryl methyl sites for hydroxylation is 2. The molecule has 110 valence electrons. The van der Waals surface area contributed by atoms with Crippen LogP contribution in [-0.4, -0.2) is 47.6 Å². The Morgan fingerprint density at radius 3 is 2.50 bits per heavy atom. The predicted octanol–water partition coefficient (Wildman–Crippen LogP) is 0.512. The summed E-state index contributed by atoms with van der Waals surface area (Å²) in [7, 11) is -3.91. The standard InChI is InChI=1S/C13H17NO5S/c1-8-3-4-11(5-9(8)2)20(18,19)14-7-10(15)6-12(14)13(16)17/h3-5,10,12,15H,6-7H2,1-2H3,(H,16,17). The van der Waals surface area contributed by atoms with Gasteiger partial charge in [-0.2, -0.15) is 4.31 Å². The number of aliphatic hydroxyl groups excluding tert-OH is 1. The van der Waals surface area contributed by atoms with Gasteiger partial charge in [-0.1, -0.05) is 6.07 Å². The van der Waals surface area contributed by atoms with Crippen LogP contribution in [0.1, 0.15) is 17.5 Å². The Hall–Kier alpha value is -1.44. The van der Waals surface area contributed by atoms with E-state index in [2.05, 4.69) is 0 Å². The third-order valence-corrected chi connectivity index (χ3v) is 5.47. The Kier molecular flexibility index (Phi) is 3.86. The van der Waals surface area contributed by atoms with Crippen LogP contribution in [0.25, 0.3) is 0 Å². The van der Waals surface area contributed by atoms with Crippen molar-refractivity contribution in [1.29, 1.82) is 0 Å². The van der Waals surface area contributed by atoms with Crippen LogP contribution in [0.3, 0.4) is 0 Å². The van der Waals surface area contributed by atoms with Crippen molar-refractivity contribution in [2.45, 2.75) is 37.3 Å². The molecular formula is C13H17NO5S. The Balaban J connectivity index is 2.43. The van der Waals surface area contributed by atoms with Crippen LogP contribution < -0.4 is 0 Å². The average Bonchev–Trinajstić information content (AvgIpc) is 2.75. The van der Waals surface area contributed by atoms with Crippen LogP contribution >= 0.6 is 0 Å². The molecule has 6 nitrogen and oxygen atoms in total. The summed E-state index contributed by atoms with van der Waals surface area (Å²) >= 11 is 0. The first-order chi connectivity index (χ1) is 9.23. The van der Waals surface area contributed by atoms with E-state index in [-0.39, 0.29) is 17.9 Å². The summed E-state index contributed by atoms with van der Waals surface area (Å²) in [4.78, 5) is 11.2. The highest BCUT2D eigenvalue weighted by Crippen LogP contribution is 2.27. The Morgan fingerprint density at radius 1 is 1.30 bits per heavy atom. The van der Waals surface area contributed by atoms with Crippen molar-refractivity contribution >= 4 is 16.0 Å². The molecule has 1 aromatic rings. The predicted molar refractivity (Wildman–Crippen MR) is 71.9 cm³/mol. The fraction of sp³-hybridized carbons (Fsp3) is 0.462. The minimum absolute atomic E-state index is 0.0564. The van der Waals surface area contributed by atoms with Gasteiger partial charge in [-0.05, 0) is 37.1 Å². The third kappa shape index (κ3) is 2.56. The maximum absolute atomic E-state index is 12.5. The SMILES string of the molecule is Cc1ccc(S(=O)(=O)N2CC(O)CC2C(=O)O)cc1C. The number of benzene rings is 1. The first kappa shape index (κ1) is 15.0. The van der Waals surface area contributed by atoms with Gasteiger partial charge >= 0.3 is 5.97 Å². The second-order valence-corrected chi connectivity index (χ2v) is 6.95. The number of hydrogen-bond acceptors (Lipinski definition) is 4. The summed E-state index contributed by atoms with van der Waals surface area (Å²) in [5.41, 5.74) is 1.78. The van der Waals surface area contributed by atoms with E-state index in [4.69, 9.17) is 5.11 Å². The summed E-state index contributed by atoms with van der Waals surface area (Å²) in [6.07, 6.45) is -1.03. The molecule has 0 radical (unpaired) electrons. The fourth-order valence-corrected chi connectivity index (χ4v) is 4.00. The number of rotatable bonds is 3. The largest absolute Gasteiger partial charge is 0.480 e. The normalized spacial score (nSPS) is 23.9. The van der Waals surface area contributed by atoms with E-state index in [9.17, 15) is 18.3 Å². The molecule has 1 aromatic carbocycles. The molecule has 2 N–H and O–H groups in total. The smallest absolute Gasteiger partial charge is 0.322 e. The van der Waals surface area contributed by atoms with Gasteiger partial charge in [0.15, 0.2) is 0 Å². The van der Waals surface area contributed by atoms with Crippen LogP contribution in [0.4, 0.5) is 0 Å². The zero-order chi connectivity index (χ0) is 15.1. The van der Waals surface area contributed by atoms with Gasteiger partial charge in [-0.3, -0.25) is 4.79 Å². The highest BCUT2D eigenvalue weighted by atomic mass is 32.2. The van der Waals surface area contributed by atoms with Gasteiger partial charge in [0.05, 0.1) is 11.0 Å². The van der Waals surface area contributed by atoms with Crippen molar-refractivity contribution in [1.82, 2.24) is 4.31 Å². The molecule has 7 heteroatoms.